The summed E-state index contributed by atoms with van der Waals surface area (Å²) < 4.78 is 5.52. The highest BCUT2D eigenvalue weighted by Gasteiger charge is 2.29. The summed E-state index contributed by atoms with van der Waals surface area (Å²) in [6, 6.07) is 7.15. The Morgan fingerprint density at radius 2 is 2.00 bits per heavy atom. The Morgan fingerprint density at radius 3 is 2.73 bits per heavy atom. The number of carbonyl (C=O) groups is 2. The van der Waals surface area contributed by atoms with Gasteiger partial charge in [-0.1, -0.05) is 6.07 Å². The molecule has 0 aromatic heterocycles. The SMILES string of the molecule is Cl.O=C(COc1cccc(NC(=O)C2CC2)c1)NCCN1CCNCC1. The van der Waals surface area contributed by atoms with Crippen LogP contribution in [0.15, 0.2) is 24.3 Å². The highest BCUT2D eigenvalue weighted by Crippen LogP contribution is 2.30. The predicted octanol–water partition coefficient (Wildman–Crippen LogP) is 0.857. The van der Waals surface area contributed by atoms with Crippen molar-refractivity contribution < 1.29 is 14.3 Å². The molecule has 7 nitrogen and oxygen atoms in total. The molecule has 3 N–H and O–H groups in total. The first-order chi connectivity index (χ1) is 12.2. The van der Waals surface area contributed by atoms with Crippen molar-refractivity contribution in [3.05, 3.63) is 24.3 Å². The number of carbonyl (C=O) groups excluding carboxylic acids is 2. The fourth-order valence-corrected chi connectivity index (χ4v) is 2.74. The van der Waals surface area contributed by atoms with Crippen molar-refractivity contribution in [2.45, 2.75) is 12.8 Å². The lowest BCUT2D eigenvalue weighted by molar-refractivity contribution is -0.123. The second-order valence-electron chi connectivity index (χ2n) is 6.52. The Kier molecular flexibility index (Phi) is 8.15. The van der Waals surface area contributed by atoms with Crippen LogP contribution < -0.4 is 20.7 Å². The number of rotatable bonds is 8. The summed E-state index contributed by atoms with van der Waals surface area (Å²) in [4.78, 5) is 26.0. The van der Waals surface area contributed by atoms with E-state index in [4.69, 9.17) is 4.74 Å². The van der Waals surface area contributed by atoms with E-state index in [-0.39, 0.29) is 36.7 Å². The molecule has 0 atom stereocenters. The maximum absolute atomic E-state index is 11.9. The maximum Gasteiger partial charge on any atom is 0.257 e. The lowest BCUT2D eigenvalue weighted by Gasteiger charge is -2.27. The van der Waals surface area contributed by atoms with Gasteiger partial charge in [0.05, 0.1) is 0 Å². The van der Waals surface area contributed by atoms with E-state index < -0.39 is 0 Å². The molecule has 8 heteroatoms. The van der Waals surface area contributed by atoms with Gasteiger partial charge in [0, 0.05) is 56.9 Å². The first kappa shape index (κ1) is 20.5. The van der Waals surface area contributed by atoms with Gasteiger partial charge in [-0.05, 0) is 25.0 Å². The number of piperazine rings is 1. The minimum absolute atomic E-state index is 0. The normalized spacial score (nSPS) is 17.1. The first-order valence-electron chi connectivity index (χ1n) is 8.94. The van der Waals surface area contributed by atoms with Gasteiger partial charge in [0.2, 0.25) is 5.91 Å². The minimum Gasteiger partial charge on any atom is -0.484 e. The lowest BCUT2D eigenvalue weighted by Crippen LogP contribution is -2.46. The molecule has 1 heterocycles. The van der Waals surface area contributed by atoms with Gasteiger partial charge in [-0.25, -0.2) is 0 Å². The fraction of sp³-hybridized carbons (Fsp3) is 0.556. The molecule has 0 radical (unpaired) electrons. The van der Waals surface area contributed by atoms with E-state index in [1.807, 2.05) is 6.07 Å². The second kappa shape index (κ2) is 10.4. The second-order valence-corrected chi connectivity index (χ2v) is 6.52. The van der Waals surface area contributed by atoms with E-state index >= 15 is 0 Å². The molecular formula is C18H27ClN4O3. The van der Waals surface area contributed by atoms with Crippen LogP contribution in [0.3, 0.4) is 0 Å². The minimum atomic E-state index is -0.137. The van der Waals surface area contributed by atoms with Crippen LogP contribution in [0, 0.1) is 5.92 Å². The summed E-state index contributed by atoms with van der Waals surface area (Å²) in [7, 11) is 0. The van der Waals surface area contributed by atoms with Crippen LogP contribution in [-0.2, 0) is 9.59 Å². The summed E-state index contributed by atoms with van der Waals surface area (Å²) in [5.74, 6) is 0.655. The standard InChI is InChI=1S/C18H26N4O3.ClH/c23-17(20-8-11-22-9-6-19-7-10-22)13-25-16-3-1-2-15(12-16)21-18(24)14-4-5-14;/h1-3,12,14,19H,4-11,13H2,(H,20,23)(H,21,24);1H. The zero-order valence-corrected chi connectivity index (χ0v) is 15.6. The Balaban J connectivity index is 0.00000243. The molecule has 2 aliphatic rings. The molecule has 1 aliphatic heterocycles. The van der Waals surface area contributed by atoms with Gasteiger partial charge < -0.3 is 20.7 Å². The third kappa shape index (κ3) is 6.82. The number of nitrogens with one attached hydrogen (secondary N) is 3. The number of ether oxygens (including phenoxy) is 1. The largest absolute Gasteiger partial charge is 0.484 e. The molecular weight excluding hydrogens is 356 g/mol. The quantitative estimate of drug-likeness (QED) is 0.621. The topological polar surface area (TPSA) is 82.7 Å². The number of nitrogens with zero attached hydrogens (tertiary/aromatic N) is 1. The van der Waals surface area contributed by atoms with E-state index in [0.717, 1.165) is 45.6 Å². The molecule has 1 aliphatic carbocycles. The number of hydrogen-bond donors (Lipinski definition) is 3. The molecule has 1 saturated heterocycles. The monoisotopic (exact) mass is 382 g/mol. The van der Waals surface area contributed by atoms with E-state index in [1.165, 1.54) is 0 Å². The summed E-state index contributed by atoms with van der Waals surface area (Å²) in [6.45, 7) is 5.50. The Bertz CT molecular complexity index is 604. The van der Waals surface area contributed by atoms with Gasteiger partial charge in [-0.2, -0.15) is 0 Å². The van der Waals surface area contributed by atoms with Crippen LogP contribution in [0.2, 0.25) is 0 Å². The molecule has 2 amide bonds. The van der Waals surface area contributed by atoms with Crippen molar-refractivity contribution in [3.63, 3.8) is 0 Å². The van der Waals surface area contributed by atoms with Gasteiger partial charge in [0.1, 0.15) is 5.75 Å². The maximum atomic E-state index is 11.9. The van der Waals surface area contributed by atoms with Gasteiger partial charge in [0.25, 0.3) is 5.91 Å². The number of halogens is 1. The van der Waals surface area contributed by atoms with Gasteiger partial charge in [-0.15, -0.1) is 12.4 Å². The summed E-state index contributed by atoms with van der Waals surface area (Å²) >= 11 is 0. The van der Waals surface area contributed by atoms with Crippen molar-refractivity contribution in [2.75, 3.05) is 51.2 Å². The van der Waals surface area contributed by atoms with Gasteiger partial charge in [-0.3, -0.25) is 14.5 Å². The Hall–Kier alpha value is -1.83. The van der Waals surface area contributed by atoms with Crippen molar-refractivity contribution in [1.82, 2.24) is 15.5 Å². The Labute approximate surface area is 160 Å². The van der Waals surface area contributed by atoms with Crippen molar-refractivity contribution in [2.24, 2.45) is 5.92 Å². The molecule has 2 fully saturated rings. The van der Waals surface area contributed by atoms with Crippen LogP contribution in [0.1, 0.15) is 12.8 Å². The van der Waals surface area contributed by atoms with Crippen LogP contribution in [0.5, 0.6) is 5.75 Å². The average Bonchev–Trinajstić information content (AvgIpc) is 3.46. The number of amides is 2. The molecule has 144 valence electrons. The molecule has 1 aromatic carbocycles. The molecule has 0 unspecified atom stereocenters. The Morgan fingerprint density at radius 1 is 1.23 bits per heavy atom. The van der Waals surface area contributed by atoms with Crippen LogP contribution in [0.4, 0.5) is 5.69 Å². The summed E-state index contributed by atoms with van der Waals surface area (Å²) in [5, 5.41) is 9.05. The number of hydrogen-bond acceptors (Lipinski definition) is 5. The summed E-state index contributed by atoms with van der Waals surface area (Å²) in [6.07, 6.45) is 1.94. The van der Waals surface area contributed by atoms with Crippen LogP contribution in [0.25, 0.3) is 0 Å². The molecule has 1 aromatic rings. The predicted molar refractivity (Wildman–Crippen MR) is 103 cm³/mol. The zero-order valence-electron chi connectivity index (χ0n) is 14.8. The molecule has 0 spiro atoms. The number of benzene rings is 1. The fourth-order valence-electron chi connectivity index (χ4n) is 2.74. The van der Waals surface area contributed by atoms with E-state index in [2.05, 4.69) is 20.9 Å². The smallest absolute Gasteiger partial charge is 0.257 e. The molecule has 3 rings (SSSR count). The first-order valence-corrected chi connectivity index (χ1v) is 8.94. The average molecular weight is 383 g/mol. The molecule has 1 saturated carbocycles. The lowest BCUT2D eigenvalue weighted by atomic mass is 10.3. The van der Waals surface area contributed by atoms with E-state index in [0.29, 0.717) is 18.0 Å². The highest BCUT2D eigenvalue weighted by molar-refractivity contribution is 5.94. The zero-order chi connectivity index (χ0) is 17.5. The third-order valence-electron chi connectivity index (χ3n) is 4.38. The van der Waals surface area contributed by atoms with Crippen molar-refractivity contribution in [3.8, 4) is 5.75 Å². The van der Waals surface area contributed by atoms with Gasteiger partial charge >= 0.3 is 0 Å². The van der Waals surface area contributed by atoms with Crippen LogP contribution in [-0.4, -0.2) is 62.6 Å². The number of anilines is 1. The molecule has 26 heavy (non-hydrogen) atoms. The van der Waals surface area contributed by atoms with Crippen molar-refractivity contribution >= 4 is 29.9 Å². The molecule has 0 bridgehead atoms. The summed E-state index contributed by atoms with van der Waals surface area (Å²) in [5.41, 5.74) is 0.702. The third-order valence-corrected chi connectivity index (χ3v) is 4.38. The van der Waals surface area contributed by atoms with Crippen LogP contribution >= 0.6 is 12.4 Å². The van der Waals surface area contributed by atoms with E-state index in [9.17, 15) is 9.59 Å². The van der Waals surface area contributed by atoms with Crippen molar-refractivity contribution in [1.29, 1.82) is 0 Å². The highest BCUT2D eigenvalue weighted by atomic mass is 35.5. The van der Waals surface area contributed by atoms with Gasteiger partial charge in [0.15, 0.2) is 6.61 Å². The van der Waals surface area contributed by atoms with E-state index in [1.54, 1.807) is 18.2 Å².